The van der Waals surface area contributed by atoms with Crippen molar-refractivity contribution in [1.29, 1.82) is 0 Å². The average molecular weight is 273 g/mol. The van der Waals surface area contributed by atoms with E-state index in [4.69, 9.17) is 9.84 Å². The van der Waals surface area contributed by atoms with Crippen LogP contribution in [0.5, 0.6) is 11.5 Å². The number of nitrogens with zero attached hydrogens (tertiary/aromatic N) is 1. The van der Waals surface area contributed by atoms with E-state index in [1.54, 1.807) is 18.3 Å². The second-order valence-electron chi connectivity index (χ2n) is 4.09. The zero-order valence-electron chi connectivity index (χ0n) is 10.7. The summed E-state index contributed by atoms with van der Waals surface area (Å²) >= 11 is 0. The highest BCUT2D eigenvalue weighted by Crippen LogP contribution is 2.26. The van der Waals surface area contributed by atoms with Crippen LogP contribution in [-0.2, 0) is 4.79 Å². The van der Waals surface area contributed by atoms with Gasteiger partial charge < -0.3 is 9.84 Å². The highest BCUT2D eigenvalue weighted by Gasteiger charge is 2.05. The van der Waals surface area contributed by atoms with Crippen molar-refractivity contribution in [1.82, 2.24) is 4.98 Å². The zero-order chi connectivity index (χ0) is 14.5. The third kappa shape index (κ3) is 3.65. The molecule has 0 unspecified atom stereocenters. The van der Waals surface area contributed by atoms with Crippen molar-refractivity contribution in [3.05, 3.63) is 59.7 Å². The predicted octanol–water partition coefficient (Wildman–Crippen LogP) is 3.42. The second kappa shape index (κ2) is 5.97. The van der Waals surface area contributed by atoms with Gasteiger partial charge in [-0.15, -0.1) is 0 Å². The lowest BCUT2D eigenvalue weighted by Crippen LogP contribution is -1.91. The molecule has 1 heterocycles. The van der Waals surface area contributed by atoms with E-state index < -0.39 is 11.8 Å². The van der Waals surface area contributed by atoms with E-state index in [1.165, 1.54) is 24.3 Å². The molecule has 0 saturated heterocycles. The Morgan fingerprint density at radius 1 is 1.35 bits per heavy atom. The fourth-order valence-corrected chi connectivity index (χ4v) is 1.55. The van der Waals surface area contributed by atoms with Crippen LogP contribution in [0.3, 0.4) is 0 Å². The molecular formula is C15H12FNO3. The number of benzene rings is 1. The fourth-order valence-electron chi connectivity index (χ4n) is 1.55. The molecule has 0 aliphatic heterocycles. The van der Waals surface area contributed by atoms with Crippen LogP contribution >= 0.6 is 0 Å². The van der Waals surface area contributed by atoms with E-state index in [2.05, 4.69) is 4.98 Å². The molecule has 2 aromatic rings. The summed E-state index contributed by atoms with van der Waals surface area (Å²) in [4.78, 5) is 14.6. The molecule has 0 aliphatic carbocycles. The van der Waals surface area contributed by atoms with Gasteiger partial charge in [-0.3, -0.25) is 4.98 Å². The number of aromatic nitrogens is 1. The Labute approximate surface area is 115 Å². The number of rotatable bonds is 4. The summed E-state index contributed by atoms with van der Waals surface area (Å²) in [5.74, 6) is -0.733. The van der Waals surface area contributed by atoms with Crippen molar-refractivity contribution in [3.8, 4) is 11.5 Å². The SMILES string of the molecule is Cc1ccc(Oc2ccc(F)cc2C=CC(=O)O)cn1. The highest BCUT2D eigenvalue weighted by atomic mass is 19.1. The van der Waals surface area contributed by atoms with Gasteiger partial charge in [-0.05, 0) is 43.3 Å². The van der Waals surface area contributed by atoms with Gasteiger partial charge in [0.2, 0.25) is 0 Å². The first kappa shape index (κ1) is 13.7. The van der Waals surface area contributed by atoms with Crippen LogP contribution in [0.2, 0.25) is 0 Å². The molecule has 0 bridgehead atoms. The Kier molecular flexibility index (Phi) is 4.10. The Bertz CT molecular complexity index is 651. The Balaban J connectivity index is 2.30. The number of ether oxygens (including phenoxy) is 1. The van der Waals surface area contributed by atoms with Crippen LogP contribution in [0.25, 0.3) is 6.08 Å². The summed E-state index contributed by atoms with van der Waals surface area (Å²) in [5.41, 5.74) is 1.19. The van der Waals surface area contributed by atoms with Crippen molar-refractivity contribution >= 4 is 12.0 Å². The molecular weight excluding hydrogens is 261 g/mol. The summed E-state index contributed by atoms with van der Waals surface area (Å²) in [6.07, 6.45) is 3.75. The monoisotopic (exact) mass is 273 g/mol. The number of aryl methyl sites for hydroxylation is 1. The van der Waals surface area contributed by atoms with E-state index in [-0.39, 0.29) is 0 Å². The summed E-state index contributed by atoms with van der Waals surface area (Å²) in [7, 11) is 0. The first-order valence-electron chi connectivity index (χ1n) is 5.85. The largest absolute Gasteiger partial charge is 0.478 e. The molecule has 0 spiro atoms. The van der Waals surface area contributed by atoms with Crippen LogP contribution < -0.4 is 4.74 Å². The van der Waals surface area contributed by atoms with Gasteiger partial charge in [0, 0.05) is 17.3 Å². The van der Waals surface area contributed by atoms with Gasteiger partial charge in [0.25, 0.3) is 0 Å². The Hall–Kier alpha value is -2.69. The number of hydrogen-bond acceptors (Lipinski definition) is 3. The van der Waals surface area contributed by atoms with Crippen LogP contribution in [-0.4, -0.2) is 16.1 Å². The molecule has 0 saturated carbocycles. The first-order chi connectivity index (χ1) is 9.54. The zero-order valence-corrected chi connectivity index (χ0v) is 10.7. The molecule has 1 N–H and O–H groups in total. The molecule has 4 nitrogen and oxygen atoms in total. The van der Waals surface area contributed by atoms with E-state index in [0.717, 1.165) is 11.8 Å². The molecule has 102 valence electrons. The van der Waals surface area contributed by atoms with Crippen molar-refractivity contribution in [3.63, 3.8) is 0 Å². The maximum atomic E-state index is 13.2. The lowest BCUT2D eigenvalue weighted by atomic mass is 10.2. The minimum absolute atomic E-state index is 0.341. The molecule has 5 heteroatoms. The predicted molar refractivity (Wildman–Crippen MR) is 72.1 cm³/mol. The first-order valence-corrected chi connectivity index (χ1v) is 5.85. The minimum Gasteiger partial charge on any atom is -0.478 e. The number of carboxylic acids is 1. The maximum Gasteiger partial charge on any atom is 0.328 e. The quantitative estimate of drug-likeness (QED) is 0.867. The van der Waals surface area contributed by atoms with Crippen LogP contribution in [0, 0.1) is 12.7 Å². The second-order valence-corrected chi connectivity index (χ2v) is 4.09. The highest BCUT2D eigenvalue weighted by molar-refractivity contribution is 5.85. The van der Waals surface area contributed by atoms with Gasteiger partial charge in [0.05, 0.1) is 6.20 Å². The Morgan fingerprint density at radius 3 is 2.80 bits per heavy atom. The lowest BCUT2D eigenvalue weighted by molar-refractivity contribution is -0.131. The molecule has 1 aromatic carbocycles. The molecule has 0 atom stereocenters. The molecule has 1 aromatic heterocycles. The van der Waals surface area contributed by atoms with E-state index in [9.17, 15) is 9.18 Å². The van der Waals surface area contributed by atoms with Crippen molar-refractivity contribution < 1.29 is 19.0 Å². The summed E-state index contributed by atoms with van der Waals surface area (Å²) in [6, 6.07) is 7.41. The summed E-state index contributed by atoms with van der Waals surface area (Å²) in [6.45, 7) is 1.85. The number of pyridine rings is 1. The number of hydrogen-bond donors (Lipinski definition) is 1. The third-order valence-corrected chi connectivity index (χ3v) is 2.49. The van der Waals surface area contributed by atoms with E-state index in [0.29, 0.717) is 17.1 Å². The van der Waals surface area contributed by atoms with Crippen LogP contribution in [0.15, 0.2) is 42.6 Å². The lowest BCUT2D eigenvalue weighted by Gasteiger charge is -2.08. The normalized spacial score (nSPS) is 10.7. The van der Waals surface area contributed by atoms with Crippen molar-refractivity contribution in [2.45, 2.75) is 6.92 Å². The number of halogens is 1. The number of carbonyl (C=O) groups is 1. The van der Waals surface area contributed by atoms with E-state index in [1.807, 2.05) is 6.92 Å². The van der Waals surface area contributed by atoms with Gasteiger partial charge in [-0.1, -0.05) is 0 Å². The van der Waals surface area contributed by atoms with Crippen LogP contribution in [0.4, 0.5) is 4.39 Å². The fraction of sp³-hybridized carbons (Fsp3) is 0.0667. The van der Waals surface area contributed by atoms with Gasteiger partial charge in [0.1, 0.15) is 17.3 Å². The third-order valence-electron chi connectivity index (χ3n) is 2.49. The van der Waals surface area contributed by atoms with Crippen LogP contribution in [0.1, 0.15) is 11.3 Å². The molecule has 0 radical (unpaired) electrons. The Morgan fingerprint density at radius 2 is 2.15 bits per heavy atom. The molecule has 0 fully saturated rings. The topological polar surface area (TPSA) is 59.4 Å². The van der Waals surface area contributed by atoms with Gasteiger partial charge in [-0.2, -0.15) is 0 Å². The molecule has 2 rings (SSSR count). The van der Waals surface area contributed by atoms with Gasteiger partial charge in [0.15, 0.2) is 0 Å². The van der Waals surface area contributed by atoms with Gasteiger partial charge in [-0.25, -0.2) is 9.18 Å². The average Bonchev–Trinajstić information content (AvgIpc) is 2.41. The number of aliphatic carboxylic acids is 1. The van der Waals surface area contributed by atoms with Crippen molar-refractivity contribution in [2.75, 3.05) is 0 Å². The maximum absolute atomic E-state index is 13.2. The molecule has 20 heavy (non-hydrogen) atoms. The standard InChI is InChI=1S/C15H12FNO3/c1-10-2-5-13(9-17-10)20-14-6-4-12(16)8-11(14)3-7-15(18)19/h2-9H,1H3,(H,18,19). The van der Waals surface area contributed by atoms with Crippen molar-refractivity contribution in [2.24, 2.45) is 0 Å². The minimum atomic E-state index is -1.11. The molecule has 0 amide bonds. The molecule has 0 aliphatic rings. The summed E-state index contributed by atoms with van der Waals surface area (Å²) < 4.78 is 18.8. The van der Waals surface area contributed by atoms with Gasteiger partial charge >= 0.3 is 5.97 Å². The summed E-state index contributed by atoms with van der Waals surface area (Å²) in [5, 5.41) is 8.62. The number of carboxylic acid groups (broad SMARTS) is 1. The van der Waals surface area contributed by atoms with E-state index >= 15 is 0 Å². The smallest absolute Gasteiger partial charge is 0.328 e.